The lowest BCUT2D eigenvalue weighted by Gasteiger charge is -2.51. The molecule has 2 bridgehead atoms. The smallest absolute Gasteiger partial charge is 0.411 e. The van der Waals surface area contributed by atoms with Crippen LogP contribution >= 0.6 is 0 Å². The number of piperidine rings is 2. The van der Waals surface area contributed by atoms with Crippen molar-refractivity contribution >= 4 is 12.1 Å². The molecule has 4 atom stereocenters. The molecule has 1 aliphatic carbocycles. The predicted octanol–water partition coefficient (Wildman–Crippen LogP) is 1.22. The first-order valence-corrected chi connectivity index (χ1v) is 6.63. The van der Waals surface area contributed by atoms with Crippen molar-refractivity contribution in [1.29, 1.82) is 0 Å². The second kappa shape index (κ2) is 4.67. The van der Waals surface area contributed by atoms with Crippen molar-refractivity contribution in [2.24, 2.45) is 5.92 Å². The van der Waals surface area contributed by atoms with Crippen LogP contribution in [0, 0.1) is 5.92 Å². The molecule has 2 heterocycles. The lowest BCUT2D eigenvalue weighted by molar-refractivity contribution is -0.159. The van der Waals surface area contributed by atoms with Crippen LogP contribution in [0.15, 0.2) is 0 Å². The van der Waals surface area contributed by atoms with E-state index in [1.165, 1.54) is 4.90 Å². The molecule has 0 unspecified atom stereocenters. The summed E-state index contributed by atoms with van der Waals surface area (Å²) in [6.07, 6.45) is 0.570. The minimum absolute atomic E-state index is 0.240. The highest BCUT2D eigenvalue weighted by Gasteiger charge is 2.52. The largest absolute Gasteiger partial charge is 0.480 e. The van der Waals surface area contributed by atoms with E-state index in [4.69, 9.17) is 4.74 Å². The molecule has 0 aromatic carbocycles. The van der Waals surface area contributed by atoms with E-state index in [9.17, 15) is 19.8 Å². The maximum Gasteiger partial charge on any atom is 0.411 e. The first kappa shape index (κ1) is 14.1. The third-order valence-electron chi connectivity index (χ3n) is 3.80. The monoisotopic (exact) mass is 271 g/mol. The molecule has 3 rings (SSSR count). The number of carboxylic acids is 1. The fourth-order valence-electron chi connectivity index (χ4n) is 3.08. The minimum Gasteiger partial charge on any atom is -0.480 e. The van der Waals surface area contributed by atoms with Gasteiger partial charge < -0.3 is 14.9 Å². The highest BCUT2D eigenvalue weighted by Crippen LogP contribution is 2.40. The molecule has 19 heavy (non-hydrogen) atoms. The number of aliphatic hydroxyl groups is 1. The second-order valence-corrected chi connectivity index (χ2v) is 6.37. The average Bonchev–Trinajstić information content (AvgIpc) is 2.25. The number of nitrogens with zero attached hydrogens (tertiary/aromatic N) is 1. The molecule has 1 saturated carbocycles. The molecular weight excluding hydrogens is 250 g/mol. The number of aliphatic carboxylic acids is 1. The number of rotatable bonds is 1. The number of amides is 1. The van der Waals surface area contributed by atoms with Gasteiger partial charge in [-0.1, -0.05) is 0 Å². The van der Waals surface area contributed by atoms with Gasteiger partial charge in [0.25, 0.3) is 0 Å². The number of carboxylic acid groups (broad SMARTS) is 1. The summed E-state index contributed by atoms with van der Waals surface area (Å²) in [5, 5.41) is 19.2. The summed E-state index contributed by atoms with van der Waals surface area (Å²) in [6, 6.07) is -1.21. The summed E-state index contributed by atoms with van der Waals surface area (Å²) >= 11 is 0. The topological polar surface area (TPSA) is 87.1 Å². The van der Waals surface area contributed by atoms with Gasteiger partial charge in [-0.05, 0) is 40.0 Å². The maximum atomic E-state index is 12.2. The average molecular weight is 271 g/mol. The molecule has 2 aliphatic heterocycles. The van der Waals surface area contributed by atoms with E-state index in [0.717, 1.165) is 6.42 Å². The van der Waals surface area contributed by atoms with Gasteiger partial charge >= 0.3 is 12.1 Å². The Morgan fingerprint density at radius 3 is 2.37 bits per heavy atom. The van der Waals surface area contributed by atoms with E-state index in [2.05, 4.69) is 0 Å². The van der Waals surface area contributed by atoms with Crippen molar-refractivity contribution in [3.05, 3.63) is 0 Å². The third-order valence-corrected chi connectivity index (χ3v) is 3.80. The van der Waals surface area contributed by atoms with Crippen LogP contribution in [-0.4, -0.2) is 51.0 Å². The van der Waals surface area contributed by atoms with Gasteiger partial charge in [-0.25, -0.2) is 9.59 Å². The molecule has 3 fully saturated rings. The predicted molar refractivity (Wildman–Crippen MR) is 66.6 cm³/mol. The number of hydrogen-bond donors (Lipinski definition) is 2. The van der Waals surface area contributed by atoms with Crippen molar-refractivity contribution in [2.75, 3.05) is 0 Å². The van der Waals surface area contributed by atoms with Gasteiger partial charge in [0.05, 0.1) is 6.10 Å². The van der Waals surface area contributed by atoms with Crippen LogP contribution < -0.4 is 0 Å². The Morgan fingerprint density at radius 1 is 1.26 bits per heavy atom. The molecule has 6 nitrogen and oxygen atoms in total. The Balaban J connectivity index is 2.22. The minimum atomic E-state index is -1.07. The Morgan fingerprint density at radius 2 is 1.89 bits per heavy atom. The molecule has 0 aromatic heterocycles. The van der Waals surface area contributed by atoms with Gasteiger partial charge in [0.15, 0.2) is 0 Å². The first-order chi connectivity index (χ1) is 8.70. The van der Waals surface area contributed by atoms with Crippen LogP contribution in [0.1, 0.15) is 40.0 Å². The van der Waals surface area contributed by atoms with Gasteiger partial charge in [0, 0.05) is 12.0 Å². The van der Waals surface area contributed by atoms with Crippen LogP contribution in [0.5, 0.6) is 0 Å². The molecular formula is C13H21NO5. The fourth-order valence-corrected chi connectivity index (χ4v) is 3.08. The summed E-state index contributed by atoms with van der Waals surface area (Å²) in [6.45, 7) is 5.24. The highest BCUT2D eigenvalue weighted by atomic mass is 16.6. The molecule has 2 N–H and O–H groups in total. The van der Waals surface area contributed by atoms with Gasteiger partial charge in [0.2, 0.25) is 0 Å². The first-order valence-electron chi connectivity index (χ1n) is 6.63. The van der Waals surface area contributed by atoms with Crippen molar-refractivity contribution < 1.29 is 24.5 Å². The zero-order valence-electron chi connectivity index (χ0n) is 11.5. The van der Waals surface area contributed by atoms with Crippen LogP contribution in [-0.2, 0) is 9.53 Å². The van der Waals surface area contributed by atoms with Gasteiger partial charge in [-0.3, -0.25) is 4.90 Å². The highest BCUT2D eigenvalue weighted by molar-refractivity contribution is 5.81. The van der Waals surface area contributed by atoms with Crippen molar-refractivity contribution in [1.82, 2.24) is 4.90 Å². The molecule has 0 radical (unpaired) electrons. The van der Waals surface area contributed by atoms with Gasteiger partial charge in [-0.15, -0.1) is 0 Å². The number of aliphatic hydroxyl groups excluding tert-OH is 1. The number of carbonyl (C=O) groups is 2. The zero-order valence-corrected chi connectivity index (χ0v) is 11.5. The Labute approximate surface area is 112 Å². The van der Waals surface area contributed by atoms with Crippen LogP contribution in [0.25, 0.3) is 0 Å². The Hall–Kier alpha value is -1.30. The number of ether oxygens (including phenoxy) is 1. The van der Waals surface area contributed by atoms with Crippen LogP contribution in [0.3, 0.4) is 0 Å². The fraction of sp³-hybridized carbons (Fsp3) is 0.846. The number of fused-ring (bicyclic) bond motifs is 3. The number of carbonyl (C=O) groups excluding carboxylic acids is 1. The normalized spacial score (nSPS) is 34.2. The van der Waals surface area contributed by atoms with Crippen molar-refractivity contribution in [2.45, 2.75) is 63.8 Å². The standard InChI is InChI=1S/C13H21NO5/c1-13(2,3)19-12(18)14-7-4-5-8(9(15)6-7)10(14)11(16)17/h7-10,15H,4-6H2,1-3H3,(H,16,17)/t7-,8+,9+,10-/m1/s1. The van der Waals surface area contributed by atoms with E-state index < -0.39 is 35.7 Å². The molecule has 0 aromatic rings. The second-order valence-electron chi connectivity index (χ2n) is 6.37. The van der Waals surface area contributed by atoms with E-state index in [-0.39, 0.29) is 6.04 Å². The SMILES string of the molecule is CC(C)(C)OC(=O)N1[C@@H]2CC[C@@H]([C@@H](O)C2)[C@@H]1C(=O)O. The maximum absolute atomic E-state index is 12.2. The summed E-state index contributed by atoms with van der Waals surface area (Å²) < 4.78 is 5.29. The summed E-state index contributed by atoms with van der Waals surface area (Å²) in [5.41, 5.74) is -0.657. The van der Waals surface area contributed by atoms with Gasteiger partial charge in [0.1, 0.15) is 11.6 Å². The van der Waals surface area contributed by atoms with Crippen molar-refractivity contribution in [3.63, 3.8) is 0 Å². The van der Waals surface area contributed by atoms with Crippen molar-refractivity contribution in [3.8, 4) is 0 Å². The Kier molecular flexibility index (Phi) is 3.47. The van der Waals surface area contributed by atoms with E-state index in [1.807, 2.05) is 0 Å². The lowest BCUT2D eigenvalue weighted by Crippen LogP contribution is -2.65. The summed E-state index contributed by atoms with van der Waals surface area (Å²) in [4.78, 5) is 24.9. The van der Waals surface area contributed by atoms with E-state index in [0.29, 0.717) is 12.8 Å². The zero-order chi connectivity index (χ0) is 14.4. The quantitative estimate of drug-likeness (QED) is 0.748. The summed E-state index contributed by atoms with van der Waals surface area (Å²) in [5.74, 6) is -1.46. The number of hydrogen-bond acceptors (Lipinski definition) is 4. The molecule has 0 spiro atoms. The molecule has 2 saturated heterocycles. The Bertz CT molecular complexity index is 389. The molecule has 1 amide bonds. The third kappa shape index (κ3) is 2.68. The van der Waals surface area contributed by atoms with Crippen LogP contribution in [0.2, 0.25) is 0 Å². The lowest BCUT2D eigenvalue weighted by atomic mass is 9.73. The van der Waals surface area contributed by atoms with Gasteiger partial charge in [-0.2, -0.15) is 0 Å². The molecule has 6 heteroatoms. The molecule has 108 valence electrons. The summed E-state index contributed by atoms with van der Waals surface area (Å²) in [7, 11) is 0. The molecule has 3 aliphatic rings. The van der Waals surface area contributed by atoms with E-state index in [1.54, 1.807) is 20.8 Å². The van der Waals surface area contributed by atoms with E-state index >= 15 is 0 Å². The van der Waals surface area contributed by atoms with Crippen LogP contribution in [0.4, 0.5) is 4.79 Å².